The highest BCUT2D eigenvalue weighted by Crippen LogP contribution is 2.14. The Morgan fingerprint density at radius 1 is 1.00 bits per heavy atom. The monoisotopic (exact) mass is 348 g/mol. The third kappa shape index (κ3) is 7.04. The Kier molecular flexibility index (Phi) is 9.37. The largest absolute Gasteiger partial charge is 0.357 e. The zero-order valence-electron chi connectivity index (χ0n) is 16.2. The predicted molar refractivity (Wildman–Crippen MR) is 104 cm³/mol. The summed E-state index contributed by atoms with van der Waals surface area (Å²) in [5, 5.41) is 15.3. The SMILES string of the molecule is CCCCCCCCCCNC(=NCc1nnc2n1CCC2)NCC. The molecule has 0 atom stereocenters. The lowest BCUT2D eigenvalue weighted by atomic mass is 10.1. The molecule has 0 spiro atoms. The number of aromatic nitrogens is 3. The van der Waals surface area contributed by atoms with Crippen LogP contribution in [0.2, 0.25) is 0 Å². The zero-order chi connectivity index (χ0) is 17.7. The third-order valence-electron chi connectivity index (χ3n) is 4.73. The highest BCUT2D eigenvalue weighted by molar-refractivity contribution is 5.79. The molecule has 2 rings (SSSR count). The normalized spacial score (nSPS) is 13.9. The summed E-state index contributed by atoms with van der Waals surface area (Å²) < 4.78 is 2.21. The first-order chi connectivity index (χ1) is 12.3. The van der Waals surface area contributed by atoms with Crippen LogP contribution in [-0.2, 0) is 19.5 Å². The predicted octanol–water partition coefficient (Wildman–Crippen LogP) is 3.42. The molecular weight excluding hydrogens is 312 g/mol. The van der Waals surface area contributed by atoms with Crippen molar-refractivity contribution in [1.29, 1.82) is 0 Å². The summed E-state index contributed by atoms with van der Waals surface area (Å²) in [6.45, 7) is 7.86. The van der Waals surface area contributed by atoms with E-state index < -0.39 is 0 Å². The van der Waals surface area contributed by atoms with Crippen molar-refractivity contribution < 1.29 is 0 Å². The molecule has 0 saturated carbocycles. The Bertz CT molecular complexity index is 508. The van der Waals surface area contributed by atoms with Gasteiger partial charge in [0.2, 0.25) is 0 Å². The standard InChI is InChI=1S/C19H36N6/c1-3-5-6-7-8-9-10-11-14-21-19(20-4-2)22-16-18-24-23-17-13-12-15-25(17)18/h3-16H2,1-2H3,(H2,20,21,22). The van der Waals surface area contributed by atoms with Crippen molar-refractivity contribution in [3.63, 3.8) is 0 Å². The number of rotatable bonds is 12. The van der Waals surface area contributed by atoms with Crippen molar-refractivity contribution in [3.05, 3.63) is 11.6 Å². The number of nitrogens with one attached hydrogen (secondary N) is 2. The number of hydrogen-bond acceptors (Lipinski definition) is 3. The molecule has 2 N–H and O–H groups in total. The van der Waals surface area contributed by atoms with Crippen LogP contribution >= 0.6 is 0 Å². The number of guanidine groups is 1. The van der Waals surface area contributed by atoms with Crippen LogP contribution < -0.4 is 10.6 Å². The van der Waals surface area contributed by atoms with Crippen LogP contribution in [0.3, 0.4) is 0 Å². The zero-order valence-corrected chi connectivity index (χ0v) is 16.2. The minimum atomic E-state index is 0.597. The number of hydrogen-bond donors (Lipinski definition) is 2. The van der Waals surface area contributed by atoms with Crippen molar-refractivity contribution in [2.75, 3.05) is 13.1 Å². The first kappa shape index (κ1) is 19.7. The first-order valence-electron chi connectivity index (χ1n) is 10.3. The molecule has 6 nitrogen and oxygen atoms in total. The number of nitrogens with zero attached hydrogens (tertiary/aromatic N) is 4. The summed E-state index contributed by atoms with van der Waals surface area (Å²) in [5.41, 5.74) is 0. The molecular formula is C19H36N6. The minimum Gasteiger partial charge on any atom is -0.357 e. The van der Waals surface area contributed by atoms with Gasteiger partial charge in [0.05, 0.1) is 0 Å². The Hall–Kier alpha value is -1.59. The van der Waals surface area contributed by atoms with E-state index in [1.807, 2.05) is 0 Å². The highest BCUT2D eigenvalue weighted by atomic mass is 15.3. The van der Waals surface area contributed by atoms with Gasteiger partial charge in [-0.05, 0) is 19.8 Å². The molecule has 1 aliphatic heterocycles. The molecule has 0 aromatic carbocycles. The third-order valence-corrected chi connectivity index (χ3v) is 4.73. The van der Waals surface area contributed by atoms with Crippen LogP contribution in [0.1, 0.15) is 83.3 Å². The van der Waals surface area contributed by atoms with E-state index in [0.717, 1.165) is 43.7 Å². The second-order valence-electron chi connectivity index (χ2n) is 6.88. The lowest BCUT2D eigenvalue weighted by Gasteiger charge is -2.11. The first-order valence-corrected chi connectivity index (χ1v) is 10.3. The van der Waals surface area contributed by atoms with Gasteiger partial charge in [-0.25, -0.2) is 4.99 Å². The smallest absolute Gasteiger partial charge is 0.191 e. The molecule has 142 valence electrons. The van der Waals surface area contributed by atoms with E-state index in [1.54, 1.807) is 0 Å². The van der Waals surface area contributed by atoms with Crippen LogP contribution in [0.15, 0.2) is 4.99 Å². The number of unbranched alkanes of at least 4 members (excludes halogenated alkanes) is 7. The van der Waals surface area contributed by atoms with Gasteiger partial charge in [0.15, 0.2) is 11.8 Å². The van der Waals surface area contributed by atoms with Crippen LogP contribution in [0.25, 0.3) is 0 Å². The fourth-order valence-corrected chi connectivity index (χ4v) is 3.28. The van der Waals surface area contributed by atoms with Crippen molar-refractivity contribution >= 4 is 5.96 Å². The van der Waals surface area contributed by atoms with Crippen LogP contribution in [0.4, 0.5) is 0 Å². The van der Waals surface area contributed by atoms with Gasteiger partial charge < -0.3 is 15.2 Å². The summed E-state index contributed by atoms with van der Waals surface area (Å²) in [4.78, 5) is 4.67. The van der Waals surface area contributed by atoms with Gasteiger partial charge in [-0.2, -0.15) is 0 Å². The van der Waals surface area contributed by atoms with Crippen molar-refractivity contribution in [3.8, 4) is 0 Å². The van der Waals surface area contributed by atoms with Crippen molar-refractivity contribution in [2.45, 2.75) is 91.1 Å². The van der Waals surface area contributed by atoms with Gasteiger partial charge in [-0.1, -0.05) is 51.9 Å². The lowest BCUT2D eigenvalue weighted by molar-refractivity contribution is 0.571. The Labute approximate surface area is 152 Å². The highest BCUT2D eigenvalue weighted by Gasteiger charge is 2.16. The maximum Gasteiger partial charge on any atom is 0.191 e. The molecule has 2 heterocycles. The molecule has 0 amide bonds. The molecule has 0 fully saturated rings. The maximum atomic E-state index is 4.67. The molecule has 1 aromatic heterocycles. The van der Waals surface area contributed by atoms with Gasteiger partial charge in [0, 0.05) is 26.1 Å². The van der Waals surface area contributed by atoms with Crippen molar-refractivity contribution in [1.82, 2.24) is 25.4 Å². The van der Waals surface area contributed by atoms with Crippen molar-refractivity contribution in [2.24, 2.45) is 4.99 Å². The van der Waals surface area contributed by atoms with Gasteiger partial charge >= 0.3 is 0 Å². The summed E-state index contributed by atoms with van der Waals surface area (Å²) in [7, 11) is 0. The van der Waals surface area contributed by atoms with Gasteiger partial charge in [-0.15, -0.1) is 10.2 Å². The van der Waals surface area contributed by atoms with Gasteiger partial charge in [-0.3, -0.25) is 0 Å². The summed E-state index contributed by atoms with van der Waals surface area (Å²) in [6.07, 6.45) is 13.0. The number of aryl methyl sites for hydroxylation is 1. The average molecular weight is 349 g/mol. The molecule has 1 aliphatic rings. The average Bonchev–Trinajstić information content (AvgIpc) is 3.22. The lowest BCUT2D eigenvalue weighted by Crippen LogP contribution is -2.37. The minimum absolute atomic E-state index is 0.597. The molecule has 0 unspecified atom stereocenters. The quantitative estimate of drug-likeness (QED) is 0.345. The topological polar surface area (TPSA) is 67.1 Å². The van der Waals surface area contributed by atoms with E-state index in [4.69, 9.17) is 0 Å². The molecule has 0 bridgehead atoms. The summed E-state index contributed by atoms with van der Waals surface area (Å²) in [5.74, 6) is 2.99. The van der Waals surface area contributed by atoms with E-state index in [2.05, 4.69) is 44.2 Å². The Balaban J connectivity index is 1.63. The molecule has 1 aromatic rings. The summed E-state index contributed by atoms with van der Waals surface area (Å²) >= 11 is 0. The Morgan fingerprint density at radius 3 is 2.52 bits per heavy atom. The van der Waals surface area contributed by atoms with Crippen LogP contribution in [-0.4, -0.2) is 33.8 Å². The van der Waals surface area contributed by atoms with Gasteiger partial charge in [0.25, 0.3) is 0 Å². The molecule has 6 heteroatoms. The number of fused-ring (bicyclic) bond motifs is 1. The fourth-order valence-electron chi connectivity index (χ4n) is 3.28. The van der Waals surface area contributed by atoms with E-state index in [1.165, 1.54) is 57.8 Å². The Morgan fingerprint density at radius 2 is 1.76 bits per heavy atom. The molecule has 0 radical (unpaired) electrons. The van der Waals surface area contributed by atoms with E-state index in [0.29, 0.717) is 6.54 Å². The van der Waals surface area contributed by atoms with E-state index >= 15 is 0 Å². The molecule has 0 aliphatic carbocycles. The molecule has 25 heavy (non-hydrogen) atoms. The van der Waals surface area contributed by atoms with Gasteiger partial charge in [0.1, 0.15) is 12.4 Å². The van der Waals surface area contributed by atoms with Crippen LogP contribution in [0, 0.1) is 0 Å². The van der Waals surface area contributed by atoms with E-state index in [9.17, 15) is 0 Å². The second kappa shape index (κ2) is 11.9. The fraction of sp³-hybridized carbons (Fsp3) is 0.842. The number of aliphatic imine (C=N–C) groups is 1. The van der Waals surface area contributed by atoms with E-state index in [-0.39, 0.29) is 0 Å². The maximum absolute atomic E-state index is 4.67. The molecule has 0 saturated heterocycles. The summed E-state index contributed by atoms with van der Waals surface area (Å²) in [6, 6.07) is 0. The second-order valence-corrected chi connectivity index (χ2v) is 6.88. The van der Waals surface area contributed by atoms with Crippen LogP contribution in [0.5, 0.6) is 0 Å².